The number of ether oxygens (including phenoxy) is 2. The van der Waals surface area contributed by atoms with Crippen molar-refractivity contribution < 1.29 is 14.3 Å². The molecule has 19 heavy (non-hydrogen) atoms. The van der Waals surface area contributed by atoms with Gasteiger partial charge in [0.15, 0.2) is 11.5 Å². The molecule has 0 saturated heterocycles. The fraction of sp³-hybridized carbons (Fsp3) is 0.250. The van der Waals surface area contributed by atoms with Crippen LogP contribution >= 0.6 is 0 Å². The first-order valence-electron chi connectivity index (χ1n) is 5.55. The maximum Gasteiger partial charge on any atom is 0.320 e. The van der Waals surface area contributed by atoms with Gasteiger partial charge >= 0.3 is 6.03 Å². The molecule has 0 unspecified atom stereocenters. The van der Waals surface area contributed by atoms with Gasteiger partial charge in [0.1, 0.15) is 12.1 Å². The molecule has 1 aromatic heterocycles. The van der Waals surface area contributed by atoms with Crippen molar-refractivity contribution in [1.29, 1.82) is 0 Å². The fourth-order valence-corrected chi connectivity index (χ4v) is 1.65. The molecular formula is C12H14N4O3. The van der Waals surface area contributed by atoms with Gasteiger partial charge in [0.2, 0.25) is 0 Å². The number of hydrogen-bond acceptors (Lipinski definition) is 5. The molecule has 2 N–H and O–H groups in total. The first-order chi connectivity index (χ1) is 9.19. The number of aromatic nitrogens is 2. The summed E-state index contributed by atoms with van der Waals surface area (Å²) in [5, 5.41) is 5.76. The highest BCUT2D eigenvalue weighted by Crippen LogP contribution is 2.33. The second kappa shape index (κ2) is 5.38. The molecule has 1 heterocycles. The van der Waals surface area contributed by atoms with Crippen molar-refractivity contribution in [3.8, 4) is 11.5 Å². The molecule has 7 nitrogen and oxygen atoms in total. The lowest BCUT2D eigenvalue weighted by atomic mass is 10.2. The molecule has 0 atom stereocenters. The highest BCUT2D eigenvalue weighted by molar-refractivity contribution is 5.99. The summed E-state index contributed by atoms with van der Waals surface area (Å²) >= 11 is 0. The van der Waals surface area contributed by atoms with Gasteiger partial charge in [0.25, 0.3) is 0 Å². The Morgan fingerprint density at radius 3 is 2.47 bits per heavy atom. The van der Waals surface area contributed by atoms with E-state index < -0.39 is 0 Å². The van der Waals surface area contributed by atoms with Crippen molar-refractivity contribution in [1.82, 2.24) is 15.3 Å². The lowest BCUT2D eigenvalue weighted by molar-refractivity contribution is 0.254. The van der Waals surface area contributed by atoms with E-state index in [1.807, 2.05) is 0 Å². The molecule has 7 heteroatoms. The highest BCUT2D eigenvalue weighted by atomic mass is 16.5. The average molecular weight is 262 g/mol. The zero-order chi connectivity index (χ0) is 13.8. The Balaban J connectivity index is 2.57. The van der Waals surface area contributed by atoms with Crippen molar-refractivity contribution in [2.45, 2.75) is 0 Å². The van der Waals surface area contributed by atoms with Crippen LogP contribution in [0.2, 0.25) is 0 Å². The number of carbonyl (C=O) groups excluding carboxylic acids is 1. The molecule has 0 spiro atoms. The summed E-state index contributed by atoms with van der Waals surface area (Å²) in [6.07, 6.45) is 1.37. The maximum absolute atomic E-state index is 11.4. The molecule has 0 aliphatic rings. The maximum atomic E-state index is 11.4. The molecule has 2 aromatic rings. The van der Waals surface area contributed by atoms with E-state index in [1.54, 1.807) is 26.4 Å². The van der Waals surface area contributed by atoms with Crippen LogP contribution in [0.3, 0.4) is 0 Å². The van der Waals surface area contributed by atoms with Crippen LogP contribution in [0.1, 0.15) is 0 Å². The standard InChI is InChI=1S/C12H14N4O3/c1-13-12(17)16-11-7-4-9(18-2)10(19-3)5-8(7)14-6-15-11/h4-6H,1-3H3,(H2,13,14,15,16,17). The number of carbonyl (C=O) groups is 1. The monoisotopic (exact) mass is 262 g/mol. The van der Waals surface area contributed by atoms with Gasteiger partial charge in [-0.25, -0.2) is 14.8 Å². The van der Waals surface area contributed by atoms with Gasteiger partial charge in [-0.3, -0.25) is 5.32 Å². The Kier molecular flexibility index (Phi) is 3.65. The molecule has 0 aliphatic heterocycles. The van der Waals surface area contributed by atoms with E-state index in [1.165, 1.54) is 13.4 Å². The molecule has 2 rings (SSSR count). The summed E-state index contributed by atoms with van der Waals surface area (Å²) in [6, 6.07) is 3.10. The number of amides is 2. The van der Waals surface area contributed by atoms with Gasteiger partial charge in [-0.05, 0) is 6.07 Å². The lowest BCUT2D eigenvalue weighted by Crippen LogP contribution is -2.25. The van der Waals surface area contributed by atoms with E-state index in [4.69, 9.17) is 9.47 Å². The largest absolute Gasteiger partial charge is 0.493 e. The number of fused-ring (bicyclic) bond motifs is 1. The van der Waals surface area contributed by atoms with E-state index in [-0.39, 0.29) is 6.03 Å². The van der Waals surface area contributed by atoms with Gasteiger partial charge in [0.05, 0.1) is 19.7 Å². The Bertz CT molecular complexity index is 615. The normalized spacial score (nSPS) is 10.1. The minimum absolute atomic E-state index is 0.352. The van der Waals surface area contributed by atoms with Crippen molar-refractivity contribution >= 4 is 22.8 Å². The molecule has 1 aromatic carbocycles. The van der Waals surface area contributed by atoms with Crippen LogP contribution in [0.25, 0.3) is 10.9 Å². The van der Waals surface area contributed by atoms with E-state index in [0.29, 0.717) is 28.2 Å². The summed E-state index contributed by atoms with van der Waals surface area (Å²) in [4.78, 5) is 19.6. The zero-order valence-electron chi connectivity index (χ0n) is 10.9. The smallest absolute Gasteiger partial charge is 0.320 e. The number of benzene rings is 1. The Morgan fingerprint density at radius 1 is 1.16 bits per heavy atom. The van der Waals surface area contributed by atoms with Gasteiger partial charge < -0.3 is 14.8 Å². The van der Waals surface area contributed by atoms with E-state index in [2.05, 4.69) is 20.6 Å². The molecule has 0 aliphatic carbocycles. The first-order valence-corrected chi connectivity index (χ1v) is 5.55. The number of nitrogens with one attached hydrogen (secondary N) is 2. The van der Waals surface area contributed by atoms with Gasteiger partial charge in [-0.15, -0.1) is 0 Å². The lowest BCUT2D eigenvalue weighted by Gasteiger charge is -2.11. The SMILES string of the molecule is CNC(=O)Nc1ncnc2cc(OC)c(OC)cc12. The van der Waals surface area contributed by atoms with Gasteiger partial charge in [0, 0.05) is 18.5 Å². The minimum atomic E-state index is -0.352. The predicted molar refractivity (Wildman–Crippen MR) is 70.7 cm³/mol. The number of rotatable bonds is 3. The highest BCUT2D eigenvalue weighted by Gasteiger charge is 2.11. The quantitative estimate of drug-likeness (QED) is 0.873. The number of nitrogens with zero attached hydrogens (tertiary/aromatic N) is 2. The second-order valence-corrected chi connectivity index (χ2v) is 3.65. The van der Waals surface area contributed by atoms with Crippen LogP contribution in [0, 0.1) is 0 Å². The Labute approximate surface area is 110 Å². The molecule has 100 valence electrons. The van der Waals surface area contributed by atoms with E-state index in [9.17, 15) is 4.79 Å². The number of urea groups is 1. The summed E-state index contributed by atoms with van der Waals surface area (Å²) in [5.74, 6) is 1.52. The van der Waals surface area contributed by atoms with Crippen molar-refractivity contribution in [3.05, 3.63) is 18.5 Å². The summed E-state index contributed by atoms with van der Waals surface area (Å²) in [6.45, 7) is 0. The van der Waals surface area contributed by atoms with Gasteiger partial charge in [-0.2, -0.15) is 0 Å². The van der Waals surface area contributed by atoms with Crippen LogP contribution in [-0.2, 0) is 0 Å². The minimum Gasteiger partial charge on any atom is -0.493 e. The molecule has 0 bridgehead atoms. The second-order valence-electron chi connectivity index (χ2n) is 3.65. The average Bonchev–Trinajstić information content (AvgIpc) is 2.45. The zero-order valence-corrected chi connectivity index (χ0v) is 10.9. The number of methoxy groups -OCH3 is 2. The van der Waals surface area contributed by atoms with Crippen LogP contribution < -0.4 is 20.1 Å². The molecule has 0 fully saturated rings. The Hall–Kier alpha value is -2.57. The van der Waals surface area contributed by atoms with Crippen molar-refractivity contribution in [2.24, 2.45) is 0 Å². The summed E-state index contributed by atoms with van der Waals surface area (Å²) in [5.41, 5.74) is 0.652. The van der Waals surface area contributed by atoms with Gasteiger partial charge in [-0.1, -0.05) is 0 Å². The third-order valence-electron chi connectivity index (χ3n) is 2.60. The number of hydrogen-bond donors (Lipinski definition) is 2. The van der Waals surface area contributed by atoms with Crippen molar-refractivity contribution in [3.63, 3.8) is 0 Å². The third kappa shape index (κ3) is 2.49. The fourth-order valence-electron chi connectivity index (χ4n) is 1.65. The third-order valence-corrected chi connectivity index (χ3v) is 2.60. The van der Waals surface area contributed by atoms with Crippen LogP contribution in [0.4, 0.5) is 10.6 Å². The van der Waals surface area contributed by atoms with Crippen LogP contribution in [0.15, 0.2) is 18.5 Å². The Morgan fingerprint density at radius 2 is 1.84 bits per heavy atom. The van der Waals surface area contributed by atoms with E-state index in [0.717, 1.165) is 0 Å². The molecule has 0 saturated carbocycles. The van der Waals surface area contributed by atoms with Crippen LogP contribution in [0.5, 0.6) is 11.5 Å². The van der Waals surface area contributed by atoms with Crippen LogP contribution in [-0.4, -0.2) is 37.3 Å². The predicted octanol–water partition coefficient (Wildman–Crippen LogP) is 1.40. The topological polar surface area (TPSA) is 85.4 Å². The van der Waals surface area contributed by atoms with Crippen molar-refractivity contribution in [2.75, 3.05) is 26.6 Å². The first kappa shape index (κ1) is 12.9. The summed E-state index contributed by atoms with van der Waals surface area (Å²) < 4.78 is 10.4. The summed E-state index contributed by atoms with van der Waals surface area (Å²) in [7, 11) is 4.62. The molecular weight excluding hydrogens is 248 g/mol. The number of anilines is 1. The molecule has 2 amide bonds. The van der Waals surface area contributed by atoms with E-state index >= 15 is 0 Å². The molecule has 0 radical (unpaired) electrons.